The van der Waals surface area contributed by atoms with Crippen LogP contribution in [-0.2, 0) is 0 Å². The lowest BCUT2D eigenvalue weighted by Gasteiger charge is -2.01. The van der Waals surface area contributed by atoms with Crippen molar-refractivity contribution in [1.82, 2.24) is 20.0 Å². The molecule has 4 nitrogen and oxygen atoms in total. The average molecular weight is 227 g/mol. The number of pyridine rings is 1. The van der Waals surface area contributed by atoms with E-state index >= 15 is 0 Å². The van der Waals surface area contributed by atoms with Gasteiger partial charge in [-0.3, -0.25) is 0 Å². The van der Waals surface area contributed by atoms with E-state index < -0.39 is 0 Å². The summed E-state index contributed by atoms with van der Waals surface area (Å²) in [7, 11) is 0. The highest BCUT2D eigenvalue weighted by atomic mass is 79.9. The van der Waals surface area contributed by atoms with Gasteiger partial charge in [-0.05, 0) is 35.0 Å². The van der Waals surface area contributed by atoms with Crippen molar-refractivity contribution in [2.75, 3.05) is 0 Å². The molecule has 0 aliphatic rings. The zero-order chi connectivity index (χ0) is 8.55. The Kier molecular flexibility index (Phi) is 1.80. The largest absolute Gasteiger partial charge is 0.201 e. The van der Waals surface area contributed by atoms with Crippen LogP contribution >= 0.6 is 15.9 Å². The predicted molar refractivity (Wildman–Crippen MR) is 48.1 cm³/mol. The minimum absolute atomic E-state index is 0.333. The van der Waals surface area contributed by atoms with Gasteiger partial charge in [0.1, 0.15) is 0 Å². The van der Waals surface area contributed by atoms with E-state index in [1.807, 2.05) is 18.3 Å². The molecule has 5 heteroatoms. The molecule has 0 N–H and O–H groups in total. The highest BCUT2D eigenvalue weighted by Gasteiger charge is 2.02. The Balaban J connectivity index is 2.60. The van der Waals surface area contributed by atoms with Crippen LogP contribution in [0.1, 0.15) is 17.3 Å². The van der Waals surface area contributed by atoms with Gasteiger partial charge in [0.15, 0.2) is 5.65 Å². The zero-order valence-corrected chi connectivity index (χ0v) is 8.06. The quantitative estimate of drug-likeness (QED) is 0.694. The number of hydrogen-bond donors (Lipinski definition) is 0. The third kappa shape index (κ3) is 1.20. The first-order chi connectivity index (χ1) is 5.77. The van der Waals surface area contributed by atoms with E-state index in [4.69, 9.17) is 0 Å². The van der Waals surface area contributed by atoms with Crippen LogP contribution in [0.4, 0.5) is 0 Å². The molecule has 0 saturated heterocycles. The highest BCUT2D eigenvalue weighted by Crippen LogP contribution is 2.21. The van der Waals surface area contributed by atoms with Crippen molar-refractivity contribution >= 4 is 21.6 Å². The zero-order valence-electron chi connectivity index (χ0n) is 6.48. The van der Waals surface area contributed by atoms with Crippen molar-refractivity contribution in [3.8, 4) is 0 Å². The number of nitrogens with zero attached hydrogens (tertiary/aromatic N) is 4. The number of tetrazole rings is 1. The summed E-state index contributed by atoms with van der Waals surface area (Å²) in [5, 5.41) is 11.2. The Hall–Kier alpha value is -0.970. The molecule has 62 valence electrons. The van der Waals surface area contributed by atoms with Crippen LogP contribution in [0.5, 0.6) is 0 Å². The van der Waals surface area contributed by atoms with Crippen molar-refractivity contribution in [2.24, 2.45) is 0 Å². The second-order valence-corrected chi connectivity index (χ2v) is 3.93. The smallest absolute Gasteiger partial charge is 0.179 e. The topological polar surface area (TPSA) is 43.1 Å². The molecule has 0 bridgehead atoms. The number of hydrogen-bond acceptors (Lipinski definition) is 3. The Morgan fingerprint density at radius 3 is 3.17 bits per heavy atom. The minimum Gasteiger partial charge on any atom is -0.201 e. The SMILES string of the molecule is CC(Br)c1ccn2nnnc2c1. The van der Waals surface area contributed by atoms with E-state index in [0.717, 1.165) is 5.65 Å². The van der Waals surface area contributed by atoms with Crippen LogP contribution in [0.25, 0.3) is 5.65 Å². The summed E-state index contributed by atoms with van der Waals surface area (Å²) >= 11 is 3.48. The number of aromatic nitrogens is 4. The molecule has 0 saturated carbocycles. The van der Waals surface area contributed by atoms with E-state index in [-0.39, 0.29) is 0 Å². The van der Waals surface area contributed by atoms with Crippen LogP contribution in [0, 0.1) is 0 Å². The standard InChI is InChI=1S/C7H7BrN4/c1-5(8)6-2-3-12-7(4-6)9-10-11-12/h2-5H,1H3. The van der Waals surface area contributed by atoms with Crippen LogP contribution in [0.3, 0.4) is 0 Å². The van der Waals surface area contributed by atoms with E-state index in [0.29, 0.717) is 4.83 Å². The van der Waals surface area contributed by atoms with Gasteiger partial charge < -0.3 is 0 Å². The molecule has 2 aromatic heterocycles. The van der Waals surface area contributed by atoms with Gasteiger partial charge >= 0.3 is 0 Å². The normalized spacial score (nSPS) is 13.5. The maximum atomic E-state index is 3.84. The fourth-order valence-electron chi connectivity index (χ4n) is 1.00. The first-order valence-corrected chi connectivity index (χ1v) is 4.50. The van der Waals surface area contributed by atoms with Gasteiger partial charge in [0.2, 0.25) is 0 Å². The summed E-state index contributed by atoms with van der Waals surface area (Å²) in [4.78, 5) is 0.333. The van der Waals surface area contributed by atoms with E-state index in [2.05, 4.69) is 38.4 Å². The van der Waals surface area contributed by atoms with Gasteiger partial charge in [-0.1, -0.05) is 15.9 Å². The lowest BCUT2D eigenvalue weighted by Crippen LogP contribution is -1.90. The third-order valence-corrected chi connectivity index (χ3v) is 2.21. The first kappa shape index (κ1) is 7.67. The lowest BCUT2D eigenvalue weighted by molar-refractivity contribution is 0.822. The second kappa shape index (κ2) is 2.82. The highest BCUT2D eigenvalue weighted by molar-refractivity contribution is 9.09. The maximum Gasteiger partial charge on any atom is 0.179 e. The number of alkyl halides is 1. The molecule has 0 aliphatic heterocycles. The monoisotopic (exact) mass is 226 g/mol. The summed E-state index contributed by atoms with van der Waals surface area (Å²) in [5.74, 6) is 0. The summed E-state index contributed by atoms with van der Waals surface area (Å²) in [6.45, 7) is 2.07. The Morgan fingerprint density at radius 2 is 2.42 bits per heavy atom. The molecule has 0 aromatic carbocycles. The predicted octanol–water partition coefficient (Wildman–Crippen LogP) is 1.58. The van der Waals surface area contributed by atoms with Gasteiger partial charge in [-0.15, -0.1) is 5.10 Å². The van der Waals surface area contributed by atoms with Crippen molar-refractivity contribution in [2.45, 2.75) is 11.8 Å². The Labute approximate surface area is 77.7 Å². The van der Waals surface area contributed by atoms with E-state index in [1.165, 1.54) is 5.56 Å². The van der Waals surface area contributed by atoms with Gasteiger partial charge in [-0.2, -0.15) is 0 Å². The molecule has 0 amide bonds. The average Bonchev–Trinajstić information content (AvgIpc) is 2.49. The molecule has 0 radical (unpaired) electrons. The molecule has 2 aromatic rings. The number of halogens is 1. The van der Waals surface area contributed by atoms with Crippen LogP contribution in [0.15, 0.2) is 18.3 Å². The van der Waals surface area contributed by atoms with Gasteiger partial charge in [0.25, 0.3) is 0 Å². The Morgan fingerprint density at radius 1 is 1.58 bits per heavy atom. The summed E-state index contributed by atoms with van der Waals surface area (Å²) in [6, 6.07) is 3.95. The molecule has 1 unspecified atom stereocenters. The lowest BCUT2D eigenvalue weighted by atomic mass is 10.2. The van der Waals surface area contributed by atoms with Crippen molar-refractivity contribution in [3.05, 3.63) is 23.9 Å². The number of fused-ring (bicyclic) bond motifs is 1. The fraction of sp³-hybridized carbons (Fsp3) is 0.286. The first-order valence-electron chi connectivity index (χ1n) is 3.59. The molecule has 1 atom stereocenters. The minimum atomic E-state index is 0.333. The molecular weight excluding hydrogens is 220 g/mol. The molecule has 0 spiro atoms. The fourth-order valence-corrected chi connectivity index (χ4v) is 1.29. The molecule has 0 aliphatic carbocycles. The van der Waals surface area contributed by atoms with Crippen LogP contribution in [0.2, 0.25) is 0 Å². The van der Waals surface area contributed by atoms with Crippen molar-refractivity contribution in [3.63, 3.8) is 0 Å². The molecule has 2 rings (SSSR count). The summed E-state index contributed by atoms with van der Waals surface area (Å²) in [6.07, 6.45) is 1.85. The van der Waals surface area contributed by atoms with E-state index in [9.17, 15) is 0 Å². The van der Waals surface area contributed by atoms with Crippen molar-refractivity contribution < 1.29 is 0 Å². The van der Waals surface area contributed by atoms with Crippen molar-refractivity contribution in [1.29, 1.82) is 0 Å². The van der Waals surface area contributed by atoms with Gasteiger partial charge in [-0.25, -0.2) is 4.52 Å². The third-order valence-electron chi connectivity index (χ3n) is 1.68. The summed E-state index contributed by atoms with van der Waals surface area (Å²) in [5.41, 5.74) is 1.95. The van der Waals surface area contributed by atoms with Gasteiger partial charge in [0, 0.05) is 11.0 Å². The maximum absolute atomic E-state index is 3.84. The molecule has 2 heterocycles. The second-order valence-electron chi connectivity index (χ2n) is 2.56. The van der Waals surface area contributed by atoms with Gasteiger partial charge in [0.05, 0.1) is 0 Å². The van der Waals surface area contributed by atoms with Crippen LogP contribution < -0.4 is 0 Å². The van der Waals surface area contributed by atoms with E-state index in [1.54, 1.807) is 4.52 Å². The molecule has 0 fully saturated rings. The number of rotatable bonds is 1. The Bertz CT molecular complexity index is 395. The molecular formula is C7H7BrN4. The summed E-state index contributed by atoms with van der Waals surface area (Å²) < 4.78 is 1.64. The molecule has 12 heavy (non-hydrogen) atoms. The van der Waals surface area contributed by atoms with Crippen LogP contribution in [-0.4, -0.2) is 20.0 Å².